The Hall–Kier alpha value is 0.125. The smallest absolute Gasteiger partial charge is 0.152 e. The minimum absolute atomic E-state index is 0.281. The topological polar surface area (TPSA) is 29.1 Å². The van der Waals surface area contributed by atoms with Crippen molar-refractivity contribution in [3.05, 3.63) is 0 Å². The van der Waals surface area contributed by atoms with Crippen LogP contribution in [0, 0.1) is 0 Å². The SMILES string of the molecule is CB(C)C(C)CC(=O)C(C)(C)NP. The van der Waals surface area contributed by atoms with Crippen LogP contribution in [-0.4, -0.2) is 18.0 Å². The van der Waals surface area contributed by atoms with Crippen molar-refractivity contribution in [3.8, 4) is 0 Å². The van der Waals surface area contributed by atoms with E-state index in [0.717, 1.165) is 0 Å². The Balaban J connectivity index is 4.15. The monoisotopic (exact) mass is 201 g/mol. The van der Waals surface area contributed by atoms with Gasteiger partial charge in [-0.05, 0) is 13.8 Å². The number of hydrogen-bond acceptors (Lipinski definition) is 2. The standard InChI is InChI=1S/C9H21BNOP/c1-7(10(4)5)6-8(12)9(2,3)11-13/h7,11H,6,13H2,1-5H3. The fraction of sp³-hybridized carbons (Fsp3) is 0.889. The molecule has 4 heteroatoms. The lowest BCUT2D eigenvalue weighted by atomic mass is 9.44. The van der Waals surface area contributed by atoms with Crippen molar-refractivity contribution in [1.29, 1.82) is 0 Å². The number of ketones is 1. The highest BCUT2D eigenvalue weighted by Gasteiger charge is 2.27. The molecule has 0 aliphatic rings. The highest BCUT2D eigenvalue weighted by Crippen LogP contribution is 2.19. The van der Waals surface area contributed by atoms with Gasteiger partial charge in [-0.1, -0.05) is 35.8 Å². The molecule has 0 rings (SSSR count). The minimum atomic E-state index is -0.409. The second kappa shape index (κ2) is 5.12. The van der Waals surface area contributed by atoms with Gasteiger partial charge in [0.25, 0.3) is 0 Å². The maximum absolute atomic E-state index is 11.7. The van der Waals surface area contributed by atoms with E-state index in [1.54, 1.807) is 0 Å². The molecule has 0 amide bonds. The lowest BCUT2D eigenvalue weighted by molar-refractivity contribution is -0.123. The number of rotatable bonds is 5. The summed E-state index contributed by atoms with van der Waals surface area (Å²) in [7, 11) is 2.41. The van der Waals surface area contributed by atoms with Crippen molar-refractivity contribution in [2.24, 2.45) is 0 Å². The zero-order valence-electron chi connectivity index (χ0n) is 9.35. The van der Waals surface area contributed by atoms with Gasteiger partial charge in [0, 0.05) is 6.42 Å². The first-order valence-corrected chi connectivity index (χ1v) is 5.40. The van der Waals surface area contributed by atoms with Crippen LogP contribution in [0.5, 0.6) is 0 Å². The van der Waals surface area contributed by atoms with Crippen molar-refractivity contribution in [1.82, 2.24) is 5.09 Å². The Bertz CT molecular complexity index is 182. The van der Waals surface area contributed by atoms with Crippen LogP contribution in [0.4, 0.5) is 0 Å². The van der Waals surface area contributed by atoms with Crippen molar-refractivity contribution in [2.75, 3.05) is 0 Å². The number of carbonyl (C=O) groups is 1. The van der Waals surface area contributed by atoms with Crippen LogP contribution < -0.4 is 5.09 Å². The van der Waals surface area contributed by atoms with Crippen LogP contribution >= 0.6 is 9.39 Å². The molecule has 13 heavy (non-hydrogen) atoms. The fourth-order valence-electron chi connectivity index (χ4n) is 0.864. The van der Waals surface area contributed by atoms with Crippen LogP contribution in [0.1, 0.15) is 27.2 Å². The lowest BCUT2D eigenvalue weighted by Gasteiger charge is -2.24. The summed E-state index contributed by atoms with van der Waals surface area (Å²) < 4.78 is 0. The highest BCUT2D eigenvalue weighted by molar-refractivity contribution is 7.13. The molecular weight excluding hydrogens is 180 g/mol. The van der Waals surface area contributed by atoms with Gasteiger partial charge < -0.3 is 0 Å². The highest BCUT2D eigenvalue weighted by atomic mass is 31.0. The molecule has 76 valence electrons. The Morgan fingerprint density at radius 1 is 1.54 bits per heavy atom. The Morgan fingerprint density at radius 2 is 2.00 bits per heavy atom. The number of carbonyl (C=O) groups excluding carboxylic acids is 1. The van der Waals surface area contributed by atoms with E-state index < -0.39 is 5.54 Å². The first-order valence-electron chi connectivity index (χ1n) is 4.82. The number of nitrogens with one attached hydrogen (secondary N) is 1. The normalized spacial score (nSPS) is 14.0. The zero-order valence-corrected chi connectivity index (χ0v) is 10.5. The van der Waals surface area contributed by atoms with Gasteiger partial charge in [-0.25, -0.2) is 0 Å². The molecule has 0 spiro atoms. The fourth-order valence-corrected chi connectivity index (χ4v) is 1.02. The van der Waals surface area contributed by atoms with Crippen LogP contribution in [0.2, 0.25) is 19.5 Å². The summed E-state index contributed by atoms with van der Waals surface area (Å²) >= 11 is 0. The maximum Gasteiger partial charge on any atom is 0.152 e. The van der Waals surface area contributed by atoms with Crippen LogP contribution in [0.15, 0.2) is 0 Å². The van der Waals surface area contributed by atoms with Crippen molar-refractivity contribution in [3.63, 3.8) is 0 Å². The summed E-state index contributed by atoms with van der Waals surface area (Å²) in [5, 5.41) is 2.95. The van der Waals surface area contributed by atoms with E-state index in [2.05, 4.69) is 35.0 Å². The molecule has 0 aliphatic heterocycles. The summed E-state index contributed by atoms with van der Waals surface area (Å²) in [5.74, 6) is 0.744. The van der Waals surface area contributed by atoms with E-state index in [1.165, 1.54) is 0 Å². The maximum atomic E-state index is 11.7. The number of Topliss-reactive ketones (excluding diaryl/α,β-unsaturated/α-hetero) is 1. The molecule has 0 saturated carbocycles. The van der Waals surface area contributed by atoms with E-state index in [4.69, 9.17) is 0 Å². The van der Waals surface area contributed by atoms with Crippen molar-refractivity contribution in [2.45, 2.75) is 52.2 Å². The molecule has 2 unspecified atom stereocenters. The van der Waals surface area contributed by atoms with Gasteiger partial charge in [0.05, 0.1) is 5.54 Å². The third-order valence-corrected chi connectivity index (χ3v) is 3.43. The van der Waals surface area contributed by atoms with Crippen LogP contribution in [-0.2, 0) is 4.79 Å². The molecule has 2 nitrogen and oxygen atoms in total. The Labute approximate surface area is 84.6 Å². The molecule has 0 aliphatic carbocycles. The first kappa shape index (κ1) is 13.1. The summed E-state index contributed by atoms with van der Waals surface area (Å²) in [6, 6.07) is 0. The second-order valence-electron chi connectivity index (χ2n) is 4.62. The predicted octanol–water partition coefficient (Wildman–Crippen LogP) is 2.25. The van der Waals surface area contributed by atoms with Gasteiger partial charge in [0.2, 0.25) is 0 Å². The van der Waals surface area contributed by atoms with Gasteiger partial charge in [-0.2, -0.15) is 0 Å². The first-order chi connectivity index (χ1) is 5.81. The van der Waals surface area contributed by atoms with E-state index in [0.29, 0.717) is 19.0 Å². The molecule has 0 aromatic carbocycles. The summed E-state index contributed by atoms with van der Waals surface area (Å²) in [6.07, 6.45) is 0.659. The molecular formula is C9H21BNOP. The third kappa shape index (κ3) is 4.24. The molecule has 0 heterocycles. The summed E-state index contributed by atoms with van der Waals surface area (Å²) in [6.45, 7) is 10.8. The van der Waals surface area contributed by atoms with Crippen molar-refractivity contribution >= 4 is 21.9 Å². The van der Waals surface area contributed by atoms with Gasteiger partial charge in [-0.3, -0.25) is 9.88 Å². The molecule has 1 N–H and O–H groups in total. The number of hydrogen-bond donors (Lipinski definition) is 1. The summed E-state index contributed by atoms with van der Waals surface area (Å²) in [5.41, 5.74) is -0.409. The molecule has 0 aromatic heterocycles. The van der Waals surface area contributed by atoms with Gasteiger partial charge in [-0.15, -0.1) is 0 Å². The van der Waals surface area contributed by atoms with Crippen LogP contribution in [0.25, 0.3) is 0 Å². The van der Waals surface area contributed by atoms with Crippen molar-refractivity contribution < 1.29 is 4.79 Å². The molecule has 0 bridgehead atoms. The van der Waals surface area contributed by atoms with Gasteiger partial charge >= 0.3 is 0 Å². The Kier molecular flexibility index (Phi) is 5.17. The quantitative estimate of drug-likeness (QED) is 0.545. The predicted molar refractivity (Wildman–Crippen MR) is 63.5 cm³/mol. The van der Waals surface area contributed by atoms with Gasteiger partial charge in [0.15, 0.2) is 5.78 Å². The van der Waals surface area contributed by atoms with E-state index >= 15 is 0 Å². The summed E-state index contributed by atoms with van der Waals surface area (Å²) in [4.78, 5) is 11.7. The Morgan fingerprint density at radius 3 is 2.31 bits per heavy atom. The average molecular weight is 201 g/mol. The molecule has 0 saturated heterocycles. The minimum Gasteiger partial charge on any atom is -0.298 e. The zero-order chi connectivity index (χ0) is 10.6. The molecule has 0 fully saturated rings. The van der Waals surface area contributed by atoms with E-state index in [-0.39, 0.29) is 5.78 Å². The molecule has 2 atom stereocenters. The van der Waals surface area contributed by atoms with Crippen LogP contribution in [0.3, 0.4) is 0 Å². The second-order valence-corrected chi connectivity index (χ2v) is 4.91. The van der Waals surface area contributed by atoms with E-state index in [1.807, 2.05) is 13.8 Å². The van der Waals surface area contributed by atoms with E-state index in [9.17, 15) is 4.79 Å². The average Bonchev–Trinajstić information content (AvgIpc) is 2.04. The lowest BCUT2D eigenvalue weighted by Crippen LogP contribution is -2.42. The van der Waals surface area contributed by atoms with Gasteiger partial charge in [0.1, 0.15) is 6.71 Å². The molecule has 0 aromatic rings. The molecule has 0 radical (unpaired) electrons. The largest absolute Gasteiger partial charge is 0.298 e. The third-order valence-electron chi connectivity index (χ3n) is 2.70.